The third kappa shape index (κ3) is 3.81. The minimum Gasteiger partial charge on any atom is -0.366 e. The number of nitriles is 1. The summed E-state index contributed by atoms with van der Waals surface area (Å²) in [6.45, 7) is 3.71. The maximum absolute atomic E-state index is 10.1. The summed E-state index contributed by atoms with van der Waals surface area (Å²) < 4.78 is 4.87. The molecule has 0 fully saturated rings. The summed E-state index contributed by atoms with van der Waals surface area (Å²) in [6.07, 6.45) is 1.67. The molecule has 0 radical (unpaired) electrons. The van der Waals surface area contributed by atoms with Gasteiger partial charge in [-0.3, -0.25) is 0 Å². The molecular formula is C7H9NO2. The molecule has 3 heteroatoms. The van der Waals surface area contributed by atoms with Crippen LogP contribution in [0.3, 0.4) is 0 Å². The molecule has 0 amide bonds. The van der Waals surface area contributed by atoms with E-state index in [1.807, 2.05) is 6.07 Å². The van der Waals surface area contributed by atoms with Crippen LogP contribution in [0.5, 0.6) is 0 Å². The van der Waals surface area contributed by atoms with E-state index in [-0.39, 0.29) is 6.42 Å². The molecule has 0 rings (SSSR count). The van der Waals surface area contributed by atoms with Gasteiger partial charge in [-0.05, 0) is 0 Å². The number of rotatable bonds is 5. The Kier molecular flexibility index (Phi) is 5.30. The van der Waals surface area contributed by atoms with Crippen molar-refractivity contribution in [3.63, 3.8) is 0 Å². The largest absolute Gasteiger partial charge is 0.366 e. The van der Waals surface area contributed by atoms with Gasteiger partial charge in [-0.25, -0.2) is 0 Å². The van der Waals surface area contributed by atoms with Crippen LogP contribution in [0.1, 0.15) is 6.42 Å². The summed E-state index contributed by atoms with van der Waals surface area (Å²) in [4.78, 5) is 10.1. The topological polar surface area (TPSA) is 50.1 Å². The van der Waals surface area contributed by atoms with Gasteiger partial charge in [0.05, 0.1) is 19.1 Å². The Morgan fingerprint density at radius 1 is 1.80 bits per heavy atom. The molecule has 0 heterocycles. The van der Waals surface area contributed by atoms with Crippen molar-refractivity contribution in [1.82, 2.24) is 0 Å². The average Bonchev–Trinajstić information content (AvgIpc) is 1.98. The number of hydrogen-bond acceptors (Lipinski definition) is 3. The second-order valence-electron chi connectivity index (χ2n) is 1.66. The summed E-state index contributed by atoms with van der Waals surface area (Å²) in [7, 11) is 0. The molecule has 0 aromatic rings. The highest BCUT2D eigenvalue weighted by Gasteiger charge is 2.03. The van der Waals surface area contributed by atoms with Crippen molar-refractivity contribution in [3.8, 4) is 6.07 Å². The Bertz CT molecular complexity index is 148. The van der Waals surface area contributed by atoms with Gasteiger partial charge in [-0.1, -0.05) is 6.08 Å². The van der Waals surface area contributed by atoms with Gasteiger partial charge in [0.25, 0.3) is 0 Å². The Hall–Kier alpha value is -1.14. The Morgan fingerprint density at radius 2 is 2.50 bits per heavy atom. The van der Waals surface area contributed by atoms with E-state index in [1.54, 1.807) is 0 Å². The Balaban J connectivity index is 3.51. The summed E-state index contributed by atoms with van der Waals surface area (Å²) >= 11 is 0. The molecule has 0 aromatic heterocycles. The molecule has 1 atom stereocenters. The number of nitrogens with zero attached hydrogens (tertiary/aromatic N) is 1. The summed E-state index contributed by atoms with van der Waals surface area (Å²) in [6, 6.07) is 1.84. The van der Waals surface area contributed by atoms with Crippen molar-refractivity contribution in [3.05, 3.63) is 12.7 Å². The van der Waals surface area contributed by atoms with Gasteiger partial charge in [0.2, 0.25) is 0 Å². The first kappa shape index (κ1) is 8.86. The lowest BCUT2D eigenvalue weighted by Crippen LogP contribution is -2.13. The number of hydrogen-bond donors (Lipinski definition) is 0. The van der Waals surface area contributed by atoms with E-state index in [9.17, 15) is 4.79 Å². The standard InChI is InChI=1S/C7H9NO2/c1-2-5-10-7(6-9)3-4-8/h2,6-7H,1,3,5H2. The monoisotopic (exact) mass is 139 g/mol. The first-order valence-electron chi connectivity index (χ1n) is 2.90. The van der Waals surface area contributed by atoms with Crippen LogP contribution in [-0.2, 0) is 9.53 Å². The molecule has 1 unspecified atom stereocenters. The van der Waals surface area contributed by atoms with Crippen LogP contribution < -0.4 is 0 Å². The van der Waals surface area contributed by atoms with E-state index in [0.717, 1.165) is 0 Å². The fraction of sp³-hybridized carbons (Fsp3) is 0.429. The average molecular weight is 139 g/mol. The second-order valence-corrected chi connectivity index (χ2v) is 1.66. The molecule has 0 aliphatic carbocycles. The molecule has 0 spiro atoms. The van der Waals surface area contributed by atoms with E-state index >= 15 is 0 Å². The normalized spacial score (nSPS) is 11.5. The zero-order valence-corrected chi connectivity index (χ0v) is 5.62. The Labute approximate surface area is 59.9 Å². The first-order valence-corrected chi connectivity index (χ1v) is 2.90. The molecule has 0 aromatic carbocycles. The summed E-state index contributed by atoms with van der Waals surface area (Å²) in [5.74, 6) is 0. The number of aldehydes is 1. The molecule has 0 N–H and O–H groups in total. The van der Waals surface area contributed by atoms with E-state index in [2.05, 4.69) is 6.58 Å². The fourth-order valence-electron chi connectivity index (χ4n) is 0.428. The molecule has 0 bridgehead atoms. The van der Waals surface area contributed by atoms with Gasteiger partial charge in [0.1, 0.15) is 12.4 Å². The lowest BCUT2D eigenvalue weighted by molar-refractivity contribution is -0.117. The van der Waals surface area contributed by atoms with Gasteiger partial charge in [-0.2, -0.15) is 5.26 Å². The lowest BCUT2D eigenvalue weighted by Gasteiger charge is -2.03. The van der Waals surface area contributed by atoms with Crippen LogP contribution in [0.25, 0.3) is 0 Å². The van der Waals surface area contributed by atoms with Crippen molar-refractivity contribution < 1.29 is 9.53 Å². The van der Waals surface area contributed by atoms with Crippen molar-refractivity contribution in [2.75, 3.05) is 6.61 Å². The van der Waals surface area contributed by atoms with Gasteiger partial charge >= 0.3 is 0 Å². The highest BCUT2D eigenvalue weighted by Crippen LogP contribution is 1.92. The van der Waals surface area contributed by atoms with Crippen LogP contribution in [-0.4, -0.2) is 19.0 Å². The van der Waals surface area contributed by atoms with E-state index in [4.69, 9.17) is 10.00 Å². The van der Waals surface area contributed by atoms with Gasteiger partial charge in [0.15, 0.2) is 0 Å². The van der Waals surface area contributed by atoms with Crippen LogP contribution in [0.2, 0.25) is 0 Å². The zero-order valence-electron chi connectivity index (χ0n) is 5.62. The lowest BCUT2D eigenvalue weighted by atomic mass is 10.3. The third-order valence-electron chi connectivity index (χ3n) is 0.872. The molecule has 54 valence electrons. The highest BCUT2D eigenvalue weighted by molar-refractivity contribution is 5.56. The molecule has 0 saturated carbocycles. The fourth-order valence-corrected chi connectivity index (χ4v) is 0.428. The quantitative estimate of drug-likeness (QED) is 0.415. The van der Waals surface area contributed by atoms with Gasteiger partial charge in [0, 0.05) is 0 Å². The molecule has 0 aliphatic rings. The molecule has 0 aliphatic heterocycles. The van der Waals surface area contributed by atoms with Gasteiger partial charge < -0.3 is 9.53 Å². The number of ether oxygens (including phenoxy) is 1. The van der Waals surface area contributed by atoms with Crippen LogP contribution >= 0.6 is 0 Å². The minimum atomic E-state index is -0.594. The van der Waals surface area contributed by atoms with Crippen LogP contribution in [0.15, 0.2) is 12.7 Å². The van der Waals surface area contributed by atoms with E-state index in [0.29, 0.717) is 12.9 Å². The van der Waals surface area contributed by atoms with Crippen molar-refractivity contribution in [2.24, 2.45) is 0 Å². The number of carbonyl (C=O) groups is 1. The van der Waals surface area contributed by atoms with Crippen molar-refractivity contribution >= 4 is 6.29 Å². The molecule has 0 saturated heterocycles. The smallest absolute Gasteiger partial charge is 0.149 e. The number of carbonyl (C=O) groups excluding carboxylic acids is 1. The maximum atomic E-state index is 10.1. The van der Waals surface area contributed by atoms with Crippen molar-refractivity contribution in [2.45, 2.75) is 12.5 Å². The second kappa shape index (κ2) is 5.99. The predicted octanol–water partition coefficient (Wildman–Crippen LogP) is 0.670. The predicted molar refractivity (Wildman–Crippen MR) is 36.2 cm³/mol. The van der Waals surface area contributed by atoms with Crippen molar-refractivity contribution in [1.29, 1.82) is 5.26 Å². The molecule has 10 heavy (non-hydrogen) atoms. The SMILES string of the molecule is C=CCOC(C=O)CC#N. The summed E-state index contributed by atoms with van der Waals surface area (Å²) in [5.41, 5.74) is 0. The zero-order chi connectivity index (χ0) is 7.82. The summed E-state index contributed by atoms with van der Waals surface area (Å²) in [5, 5.41) is 8.15. The third-order valence-corrected chi connectivity index (χ3v) is 0.872. The van der Waals surface area contributed by atoms with E-state index in [1.165, 1.54) is 6.08 Å². The van der Waals surface area contributed by atoms with E-state index < -0.39 is 6.10 Å². The van der Waals surface area contributed by atoms with Gasteiger partial charge in [-0.15, -0.1) is 6.58 Å². The molecular weight excluding hydrogens is 130 g/mol. The highest BCUT2D eigenvalue weighted by atomic mass is 16.5. The van der Waals surface area contributed by atoms with Crippen LogP contribution in [0, 0.1) is 11.3 Å². The first-order chi connectivity index (χ1) is 4.85. The van der Waals surface area contributed by atoms with Crippen LogP contribution in [0.4, 0.5) is 0 Å². The maximum Gasteiger partial charge on any atom is 0.149 e. The molecule has 3 nitrogen and oxygen atoms in total. The minimum absolute atomic E-state index is 0.108. The Morgan fingerprint density at radius 3 is 2.90 bits per heavy atom.